The van der Waals surface area contributed by atoms with E-state index in [1.807, 2.05) is 0 Å². The minimum Gasteiger partial charge on any atom is -0.478 e. The Hall–Kier alpha value is -2.37. The minimum absolute atomic E-state index is 0.0933. The van der Waals surface area contributed by atoms with E-state index in [1.165, 1.54) is 0 Å². The van der Waals surface area contributed by atoms with Crippen LogP contribution in [0.1, 0.15) is 43.0 Å². The summed E-state index contributed by atoms with van der Waals surface area (Å²) in [5.41, 5.74) is 3.14. The molecule has 1 aromatic heterocycles. The second kappa shape index (κ2) is 8.05. The number of allylic oxidation sites excluding steroid dienone is 2. The molecule has 0 saturated heterocycles. The number of halogens is 2. The Morgan fingerprint density at radius 1 is 1.33 bits per heavy atom. The number of nitrogens with zero attached hydrogens (tertiary/aromatic N) is 1. The number of aromatic nitrogens is 1. The van der Waals surface area contributed by atoms with E-state index in [2.05, 4.69) is 11.9 Å². The largest absolute Gasteiger partial charge is 0.478 e. The molecule has 0 radical (unpaired) electrons. The molecule has 0 spiro atoms. The van der Waals surface area contributed by atoms with Crippen molar-refractivity contribution in [1.29, 1.82) is 0 Å². The number of hydrogen-bond acceptors (Lipinski definition) is 4. The van der Waals surface area contributed by atoms with E-state index in [0.717, 1.165) is 36.0 Å². The van der Waals surface area contributed by atoms with Gasteiger partial charge in [0.25, 0.3) is 0 Å². The standard InChI is InChI=1S/C23H21Cl2NO4/c1-2-23-7-6-15(27)11-16(23)19-13(12-23)9-17(20(24)21(19)25)30-18(22(28)29)10-14-5-3-4-8-26-14/h3-5,8-9,11,18H,2,6-7,10,12H2,1H3,(H,28,29). The van der Waals surface area contributed by atoms with Crippen molar-refractivity contribution < 1.29 is 19.4 Å². The number of fused-ring (bicyclic) bond motifs is 3. The molecule has 30 heavy (non-hydrogen) atoms. The molecule has 0 aliphatic heterocycles. The molecule has 0 amide bonds. The topological polar surface area (TPSA) is 76.5 Å². The zero-order valence-electron chi connectivity index (χ0n) is 16.5. The number of carboxylic acid groups (broad SMARTS) is 1. The van der Waals surface area contributed by atoms with Crippen LogP contribution < -0.4 is 4.74 Å². The first-order valence-electron chi connectivity index (χ1n) is 9.90. The van der Waals surface area contributed by atoms with Crippen molar-refractivity contribution in [1.82, 2.24) is 4.98 Å². The van der Waals surface area contributed by atoms with Crippen molar-refractivity contribution in [3.63, 3.8) is 0 Å². The van der Waals surface area contributed by atoms with Crippen LogP contribution in [0.2, 0.25) is 10.0 Å². The average Bonchev–Trinajstić information content (AvgIpc) is 3.05. The maximum atomic E-state index is 12.1. The Morgan fingerprint density at radius 3 is 2.80 bits per heavy atom. The first-order chi connectivity index (χ1) is 14.3. The molecule has 2 unspecified atom stereocenters. The zero-order chi connectivity index (χ0) is 21.5. The van der Waals surface area contributed by atoms with Crippen molar-refractivity contribution in [3.8, 4) is 5.75 Å². The second-order valence-electron chi connectivity index (χ2n) is 7.84. The maximum Gasteiger partial charge on any atom is 0.345 e. The van der Waals surface area contributed by atoms with Gasteiger partial charge in [-0.25, -0.2) is 4.79 Å². The summed E-state index contributed by atoms with van der Waals surface area (Å²) >= 11 is 13.1. The number of pyridine rings is 1. The Bertz CT molecular complexity index is 1050. The van der Waals surface area contributed by atoms with Crippen LogP contribution >= 0.6 is 23.2 Å². The van der Waals surface area contributed by atoms with E-state index in [9.17, 15) is 14.7 Å². The number of carboxylic acids is 1. The third-order valence-corrected chi connectivity index (χ3v) is 6.97. The van der Waals surface area contributed by atoms with Crippen LogP contribution in [0.4, 0.5) is 0 Å². The molecule has 7 heteroatoms. The fourth-order valence-electron chi connectivity index (χ4n) is 4.47. The molecule has 4 rings (SSSR count). The van der Waals surface area contributed by atoms with Crippen LogP contribution in [0.15, 0.2) is 36.5 Å². The summed E-state index contributed by atoms with van der Waals surface area (Å²) in [7, 11) is 0. The molecule has 1 heterocycles. The lowest BCUT2D eigenvalue weighted by Crippen LogP contribution is -2.30. The molecule has 0 saturated carbocycles. The van der Waals surface area contributed by atoms with Gasteiger partial charge in [-0.05, 0) is 54.7 Å². The highest BCUT2D eigenvalue weighted by molar-refractivity contribution is 6.44. The summed E-state index contributed by atoms with van der Waals surface area (Å²) in [6, 6.07) is 7.08. The predicted molar refractivity (Wildman–Crippen MR) is 115 cm³/mol. The summed E-state index contributed by atoms with van der Waals surface area (Å²) in [4.78, 5) is 28.1. The lowest BCUT2D eigenvalue weighted by molar-refractivity contribution is -0.145. The molecule has 2 aromatic rings. The third-order valence-electron chi connectivity index (χ3n) is 6.12. The molecule has 1 aromatic carbocycles. The summed E-state index contributed by atoms with van der Waals surface area (Å²) in [6.45, 7) is 2.11. The van der Waals surface area contributed by atoms with E-state index in [-0.39, 0.29) is 28.4 Å². The Balaban J connectivity index is 1.71. The van der Waals surface area contributed by atoms with Gasteiger partial charge >= 0.3 is 5.97 Å². The minimum atomic E-state index is -1.16. The van der Waals surface area contributed by atoms with Gasteiger partial charge in [-0.15, -0.1) is 0 Å². The smallest absolute Gasteiger partial charge is 0.345 e. The van der Waals surface area contributed by atoms with Crippen LogP contribution in [0.5, 0.6) is 5.75 Å². The zero-order valence-corrected chi connectivity index (χ0v) is 18.0. The fourth-order valence-corrected chi connectivity index (χ4v) is 4.98. The molecular formula is C23H21Cl2NO4. The highest BCUT2D eigenvalue weighted by Gasteiger charge is 2.45. The summed E-state index contributed by atoms with van der Waals surface area (Å²) in [5.74, 6) is -0.781. The molecule has 0 fully saturated rings. The first kappa shape index (κ1) is 20.9. The average molecular weight is 446 g/mol. The molecule has 156 valence electrons. The van der Waals surface area contributed by atoms with Gasteiger partial charge in [0.1, 0.15) is 10.8 Å². The number of rotatable bonds is 6. The summed E-state index contributed by atoms with van der Waals surface area (Å²) in [6.07, 6.45) is 5.13. The molecule has 2 aliphatic rings. The van der Waals surface area contributed by atoms with Gasteiger partial charge in [-0.2, -0.15) is 0 Å². The highest BCUT2D eigenvalue weighted by atomic mass is 35.5. The molecule has 2 atom stereocenters. The summed E-state index contributed by atoms with van der Waals surface area (Å²) in [5, 5.41) is 10.1. The van der Waals surface area contributed by atoms with Gasteiger partial charge in [-0.3, -0.25) is 9.78 Å². The molecule has 1 N–H and O–H groups in total. The lowest BCUT2D eigenvalue weighted by atomic mass is 9.71. The first-order valence-corrected chi connectivity index (χ1v) is 10.7. The number of carbonyl (C=O) groups is 2. The quantitative estimate of drug-likeness (QED) is 0.663. The van der Waals surface area contributed by atoms with Gasteiger partial charge in [-0.1, -0.05) is 36.2 Å². The van der Waals surface area contributed by atoms with Gasteiger partial charge < -0.3 is 9.84 Å². The SMILES string of the molecule is CCC12CCC(=O)C=C1c1c(cc(OC(Cc3ccccn3)C(=O)O)c(Cl)c1Cl)C2. The van der Waals surface area contributed by atoms with Gasteiger partial charge in [0, 0.05) is 35.7 Å². The number of hydrogen-bond donors (Lipinski definition) is 1. The van der Waals surface area contributed by atoms with Crippen LogP contribution in [-0.2, 0) is 22.4 Å². The Kier molecular flexibility index (Phi) is 5.60. The third kappa shape index (κ3) is 3.61. The number of ether oxygens (including phenoxy) is 1. The van der Waals surface area contributed by atoms with Crippen LogP contribution in [0.25, 0.3) is 5.57 Å². The lowest BCUT2D eigenvalue weighted by Gasteiger charge is -2.32. The number of aliphatic carboxylic acids is 1. The fraction of sp³-hybridized carbons (Fsp3) is 0.348. The van der Waals surface area contributed by atoms with Gasteiger partial charge in [0.2, 0.25) is 6.10 Å². The van der Waals surface area contributed by atoms with Crippen molar-refractivity contribution >= 4 is 40.5 Å². The van der Waals surface area contributed by atoms with E-state index in [4.69, 9.17) is 27.9 Å². The molecule has 2 aliphatic carbocycles. The molecule has 5 nitrogen and oxygen atoms in total. The van der Waals surface area contributed by atoms with E-state index in [1.54, 1.807) is 36.5 Å². The van der Waals surface area contributed by atoms with Crippen LogP contribution in [-0.4, -0.2) is 27.9 Å². The Labute approximate surface area is 184 Å². The Morgan fingerprint density at radius 2 is 2.13 bits per heavy atom. The second-order valence-corrected chi connectivity index (χ2v) is 8.60. The van der Waals surface area contributed by atoms with Crippen molar-refractivity contribution in [3.05, 3.63) is 63.4 Å². The monoisotopic (exact) mass is 445 g/mol. The van der Waals surface area contributed by atoms with E-state index < -0.39 is 12.1 Å². The number of ketones is 1. The van der Waals surface area contributed by atoms with Gasteiger partial charge in [0.05, 0.1) is 5.02 Å². The summed E-state index contributed by atoms with van der Waals surface area (Å²) < 4.78 is 5.82. The van der Waals surface area contributed by atoms with Crippen LogP contribution in [0, 0.1) is 5.41 Å². The van der Waals surface area contributed by atoms with Crippen molar-refractivity contribution in [2.24, 2.45) is 5.41 Å². The maximum absolute atomic E-state index is 12.1. The molecular weight excluding hydrogens is 425 g/mol. The normalized spacial score (nSPS) is 20.9. The van der Waals surface area contributed by atoms with Crippen LogP contribution in [0.3, 0.4) is 0 Å². The molecule has 0 bridgehead atoms. The van der Waals surface area contributed by atoms with Crippen molar-refractivity contribution in [2.75, 3.05) is 0 Å². The highest BCUT2D eigenvalue weighted by Crippen LogP contribution is 2.57. The van der Waals surface area contributed by atoms with E-state index in [0.29, 0.717) is 17.1 Å². The van der Waals surface area contributed by atoms with Crippen molar-refractivity contribution in [2.45, 2.75) is 45.1 Å². The van der Waals surface area contributed by atoms with Gasteiger partial charge in [0.15, 0.2) is 5.78 Å². The predicted octanol–water partition coefficient (Wildman–Crippen LogP) is 5.16. The van der Waals surface area contributed by atoms with E-state index >= 15 is 0 Å². The number of carbonyl (C=O) groups excluding carboxylic acids is 1. The number of benzene rings is 1.